The van der Waals surface area contributed by atoms with Crippen LogP contribution >= 0.6 is 0 Å². The van der Waals surface area contributed by atoms with E-state index in [4.69, 9.17) is 0 Å². The van der Waals surface area contributed by atoms with Crippen molar-refractivity contribution in [1.82, 2.24) is 14.7 Å². The number of halogens is 1. The van der Waals surface area contributed by atoms with E-state index in [-0.39, 0.29) is 18.9 Å². The molecule has 0 aliphatic carbocycles. The lowest BCUT2D eigenvalue weighted by molar-refractivity contribution is -0.117. The molecule has 1 aromatic heterocycles. The van der Waals surface area contributed by atoms with Crippen LogP contribution in [0.15, 0.2) is 12.4 Å². The van der Waals surface area contributed by atoms with E-state index in [1.54, 1.807) is 17.1 Å². The Hall–Kier alpha value is -1.48. The van der Waals surface area contributed by atoms with Crippen molar-refractivity contribution in [3.05, 3.63) is 12.4 Å². The molecule has 1 aliphatic rings. The lowest BCUT2D eigenvalue weighted by atomic mass is 10.1. The largest absolute Gasteiger partial charge is 0.309 e. The minimum atomic E-state index is -4.55. The normalized spacial score (nSPS) is 19.7. The minimum Gasteiger partial charge on any atom is -0.309 e. The molecule has 1 amide bonds. The third kappa shape index (κ3) is 4.50. The summed E-state index contributed by atoms with van der Waals surface area (Å²) in [5.74, 6) is -1.31. The predicted octanol–water partition coefficient (Wildman–Crippen LogP) is 0.0969. The summed E-state index contributed by atoms with van der Waals surface area (Å²) in [6.07, 6.45) is 3.36. The minimum absolute atomic E-state index is 0.0476. The van der Waals surface area contributed by atoms with Gasteiger partial charge in [0.2, 0.25) is 5.91 Å². The van der Waals surface area contributed by atoms with Crippen molar-refractivity contribution in [2.45, 2.75) is 13.0 Å². The number of rotatable bonds is 6. The molecule has 0 spiro atoms. The summed E-state index contributed by atoms with van der Waals surface area (Å²) < 4.78 is 35.8. The Morgan fingerprint density at radius 2 is 2.19 bits per heavy atom. The van der Waals surface area contributed by atoms with Gasteiger partial charge in [0.1, 0.15) is 0 Å². The van der Waals surface area contributed by atoms with Crippen molar-refractivity contribution in [3.8, 4) is 0 Å². The molecule has 0 aromatic carbocycles. The van der Waals surface area contributed by atoms with E-state index in [0.29, 0.717) is 12.2 Å². The van der Waals surface area contributed by atoms with E-state index < -0.39 is 21.9 Å². The Morgan fingerprint density at radius 3 is 2.81 bits per heavy atom. The summed E-state index contributed by atoms with van der Waals surface area (Å²) in [4.78, 5) is 15.4. The molecule has 1 unspecified atom stereocenters. The highest BCUT2D eigenvalue weighted by Crippen LogP contribution is 2.25. The van der Waals surface area contributed by atoms with Crippen LogP contribution in [0.1, 0.15) is 6.42 Å². The zero-order chi connectivity index (χ0) is 15.6. The van der Waals surface area contributed by atoms with Gasteiger partial charge in [0.15, 0.2) is 0 Å². The lowest BCUT2D eigenvalue weighted by Crippen LogP contribution is -2.25. The van der Waals surface area contributed by atoms with Gasteiger partial charge in [-0.15, -0.1) is 3.89 Å². The molecule has 118 valence electrons. The van der Waals surface area contributed by atoms with Crippen LogP contribution in [0.5, 0.6) is 0 Å². The van der Waals surface area contributed by atoms with Gasteiger partial charge < -0.3 is 9.80 Å². The Kier molecular flexibility index (Phi) is 4.62. The first kappa shape index (κ1) is 15.9. The molecule has 1 fully saturated rings. The number of likely N-dealkylation sites (N-methyl/N-ethyl adjacent to an activating group) is 1. The first-order valence-electron chi connectivity index (χ1n) is 6.64. The predicted molar refractivity (Wildman–Crippen MR) is 76.1 cm³/mol. The standard InChI is InChI=1S/C12H19FN4O3S/c1-15(2)3-4-16-8-11(6-14-16)17-7-10(5-12(17)18)9-21(13,19)20/h6,8,10H,3-5,7,9H2,1-2H3. The van der Waals surface area contributed by atoms with E-state index in [9.17, 15) is 17.1 Å². The molecular weight excluding hydrogens is 299 g/mol. The molecule has 1 aromatic rings. The van der Waals surface area contributed by atoms with Crippen molar-refractivity contribution >= 4 is 21.8 Å². The molecule has 0 saturated carbocycles. The average Bonchev–Trinajstić information content (AvgIpc) is 2.91. The summed E-state index contributed by atoms with van der Waals surface area (Å²) in [5, 5.41) is 4.17. The Labute approximate surface area is 123 Å². The van der Waals surface area contributed by atoms with Crippen LogP contribution in [-0.4, -0.2) is 61.9 Å². The van der Waals surface area contributed by atoms with Gasteiger partial charge in [-0.2, -0.15) is 13.5 Å². The smallest absolute Gasteiger partial charge is 0.302 e. The lowest BCUT2D eigenvalue weighted by Gasteiger charge is -2.13. The molecule has 0 radical (unpaired) electrons. The zero-order valence-corrected chi connectivity index (χ0v) is 12.9. The van der Waals surface area contributed by atoms with E-state index in [1.807, 2.05) is 19.0 Å². The van der Waals surface area contributed by atoms with Gasteiger partial charge in [-0.3, -0.25) is 9.48 Å². The molecule has 9 heteroatoms. The van der Waals surface area contributed by atoms with Gasteiger partial charge in [-0.05, 0) is 14.1 Å². The monoisotopic (exact) mass is 318 g/mol. The van der Waals surface area contributed by atoms with E-state index in [0.717, 1.165) is 6.54 Å². The molecule has 1 saturated heterocycles. The zero-order valence-electron chi connectivity index (χ0n) is 12.1. The van der Waals surface area contributed by atoms with Gasteiger partial charge in [0.25, 0.3) is 0 Å². The van der Waals surface area contributed by atoms with Crippen molar-refractivity contribution in [3.63, 3.8) is 0 Å². The second-order valence-corrected chi connectivity index (χ2v) is 6.96. The van der Waals surface area contributed by atoms with Crippen LogP contribution in [0.2, 0.25) is 0 Å². The Morgan fingerprint density at radius 1 is 1.48 bits per heavy atom. The molecule has 0 bridgehead atoms. The van der Waals surface area contributed by atoms with Crippen LogP contribution in [0.25, 0.3) is 0 Å². The topological polar surface area (TPSA) is 75.5 Å². The molecular formula is C12H19FN4O3S. The highest BCUT2D eigenvalue weighted by atomic mass is 32.3. The molecule has 2 rings (SSSR count). The fraction of sp³-hybridized carbons (Fsp3) is 0.667. The summed E-state index contributed by atoms with van der Waals surface area (Å²) in [6, 6.07) is 0. The molecule has 7 nitrogen and oxygen atoms in total. The van der Waals surface area contributed by atoms with Crippen LogP contribution in [0, 0.1) is 5.92 Å². The van der Waals surface area contributed by atoms with E-state index in [1.165, 1.54) is 4.90 Å². The maximum atomic E-state index is 12.7. The highest BCUT2D eigenvalue weighted by Gasteiger charge is 2.34. The van der Waals surface area contributed by atoms with Gasteiger partial charge in [-0.25, -0.2) is 0 Å². The van der Waals surface area contributed by atoms with Gasteiger partial charge in [0, 0.05) is 31.6 Å². The first-order chi connectivity index (χ1) is 9.74. The summed E-state index contributed by atoms with van der Waals surface area (Å²) >= 11 is 0. The van der Waals surface area contributed by atoms with Crippen LogP contribution in [0.3, 0.4) is 0 Å². The van der Waals surface area contributed by atoms with Crippen LogP contribution in [-0.2, 0) is 21.6 Å². The molecule has 0 N–H and O–H groups in total. The fourth-order valence-electron chi connectivity index (χ4n) is 2.34. The summed E-state index contributed by atoms with van der Waals surface area (Å²) in [5.41, 5.74) is 0.623. The average molecular weight is 318 g/mol. The van der Waals surface area contributed by atoms with Crippen molar-refractivity contribution < 1.29 is 17.1 Å². The third-order valence-electron chi connectivity index (χ3n) is 3.35. The number of hydrogen-bond donors (Lipinski definition) is 0. The number of amides is 1. The highest BCUT2D eigenvalue weighted by molar-refractivity contribution is 7.86. The van der Waals surface area contributed by atoms with Gasteiger partial charge in [-0.1, -0.05) is 0 Å². The molecule has 2 heterocycles. The number of aromatic nitrogens is 2. The molecule has 21 heavy (non-hydrogen) atoms. The number of anilines is 1. The van der Waals surface area contributed by atoms with E-state index in [2.05, 4.69) is 5.10 Å². The van der Waals surface area contributed by atoms with Crippen molar-refractivity contribution in [1.29, 1.82) is 0 Å². The second kappa shape index (κ2) is 6.10. The second-order valence-electron chi connectivity index (χ2n) is 5.54. The maximum Gasteiger partial charge on any atom is 0.302 e. The number of carbonyl (C=O) groups is 1. The quantitative estimate of drug-likeness (QED) is 0.695. The first-order valence-corrected chi connectivity index (χ1v) is 8.20. The van der Waals surface area contributed by atoms with Crippen LogP contribution in [0.4, 0.5) is 9.57 Å². The fourth-order valence-corrected chi connectivity index (χ4v) is 3.13. The maximum absolute atomic E-state index is 12.7. The van der Waals surface area contributed by atoms with Crippen molar-refractivity contribution in [2.24, 2.45) is 5.92 Å². The molecule has 1 atom stereocenters. The summed E-state index contributed by atoms with van der Waals surface area (Å²) in [6.45, 7) is 1.72. The Balaban J connectivity index is 2.00. The number of carbonyl (C=O) groups excluding carboxylic acids is 1. The van der Waals surface area contributed by atoms with Crippen LogP contribution < -0.4 is 4.90 Å². The van der Waals surface area contributed by atoms with Gasteiger partial charge in [0.05, 0.1) is 24.2 Å². The number of nitrogens with zero attached hydrogens (tertiary/aromatic N) is 4. The third-order valence-corrected chi connectivity index (χ3v) is 4.22. The van der Waals surface area contributed by atoms with E-state index >= 15 is 0 Å². The Bertz CT molecular complexity index is 614. The molecule has 1 aliphatic heterocycles. The van der Waals surface area contributed by atoms with Gasteiger partial charge >= 0.3 is 10.2 Å². The van der Waals surface area contributed by atoms with Crippen molar-refractivity contribution in [2.75, 3.05) is 37.8 Å². The summed E-state index contributed by atoms with van der Waals surface area (Å²) in [7, 11) is -0.645. The SMILES string of the molecule is CN(C)CCn1cc(N2CC(CS(=O)(=O)F)CC2=O)cn1. The number of hydrogen-bond acceptors (Lipinski definition) is 5.